The summed E-state index contributed by atoms with van der Waals surface area (Å²) >= 11 is 13.0. The zero-order chi connectivity index (χ0) is 25.9. The minimum atomic E-state index is -0.701. The summed E-state index contributed by atoms with van der Waals surface area (Å²) in [6, 6.07) is 21.9. The van der Waals surface area contributed by atoms with E-state index in [9.17, 15) is 9.59 Å². The molecular formula is C28H29Br2ClN2O3. The van der Waals surface area contributed by atoms with E-state index in [4.69, 9.17) is 16.3 Å². The average Bonchev–Trinajstić information content (AvgIpc) is 2.86. The van der Waals surface area contributed by atoms with Gasteiger partial charge >= 0.3 is 0 Å². The van der Waals surface area contributed by atoms with E-state index < -0.39 is 6.04 Å². The summed E-state index contributed by atoms with van der Waals surface area (Å²) < 4.78 is 7.39. The predicted octanol–water partition coefficient (Wildman–Crippen LogP) is 6.80. The van der Waals surface area contributed by atoms with Crippen LogP contribution in [0.15, 0.2) is 81.7 Å². The molecule has 0 radical (unpaired) electrons. The van der Waals surface area contributed by atoms with Crippen LogP contribution >= 0.6 is 43.5 Å². The maximum Gasteiger partial charge on any atom is 0.261 e. The highest BCUT2D eigenvalue weighted by molar-refractivity contribution is 9.10. The van der Waals surface area contributed by atoms with Gasteiger partial charge in [0.2, 0.25) is 5.91 Å². The first-order valence-electron chi connectivity index (χ1n) is 11.8. The van der Waals surface area contributed by atoms with Gasteiger partial charge in [-0.2, -0.15) is 0 Å². The highest BCUT2D eigenvalue weighted by Gasteiger charge is 2.30. The number of rotatable bonds is 12. The minimum Gasteiger partial charge on any atom is -0.483 e. The first kappa shape index (κ1) is 28.2. The fourth-order valence-corrected chi connectivity index (χ4v) is 4.95. The monoisotopic (exact) mass is 634 g/mol. The van der Waals surface area contributed by atoms with Gasteiger partial charge in [0.1, 0.15) is 11.8 Å². The molecule has 0 aliphatic carbocycles. The number of hydrogen-bond donors (Lipinski definition) is 1. The van der Waals surface area contributed by atoms with Gasteiger partial charge in [0.15, 0.2) is 6.61 Å². The SMILES string of the molecule is CCCCNC(=O)[C@@H](Cc1ccccc1)N(Cc1cccc(Br)c1)C(=O)COc1ccc(Cl)cc1Br. The molecule has 1 atom stereocenters. The molecule has 0 aliphatic heterocycles. The van der Waals surface area contributed by atoms with Crippen molar-refractivity contribution in [3.05, 3.63) is 97.9 Å². The van der Waals surface area contributed by atoms with Crippen molar-refractivity contribution in [2.45, 2.75) is 38.8 Å². The number of nitrogens with zero attached hydrogens (tertiary/aromatic N) is 1. The van der Waals surface area contributed by atoms with E-state index >= 15 is 0 Å². The third-order valence-corrected chi connectivity index (χ3v) is 6.94. The predicted molar refractivity (Wildman–Crippen MR) is 151 cm³/mol. The number of amides is 2. The van der Waals surface area contributed by atoms with Crippen molar-refractivity contribution < 1.29 is 14.3 Å². The number of benzene rings is 3. The number of unbranched alkanes of at least 4 members (excludes halogenated alkanes) is 1. The fourth-order valence-electron chi connectivity index (χ4n) is 3.71. The molecule has 36 heavy (non-hydrogen) atoms. The lowest BCUT2D eigenvalue weighted by Crippen LogP contribution is -2.51. The second-order valence-electron chi connectivity index (χ2n) is 8.37. The number of ether oxygens (including phenoxy) is 1. The van der Waals surface area contributed by atoms with Crippen molar-refractivity contribution >= 4 is 55.3 Å². The highest BCUT2D eigenvalue weighted by atomic mass is 79.9. The Morgan fingerprint density at radius 3 is 2.44 bits per heavy atom. The van der Waals surface area contributed by atoms with Crippen LogP contribution in [-0.4, -0.2) is 35.9 Å². The van der Waals surface area contributed by atoms with Crippen molar-refractivity contribution in [3.63, 3.8) is 0 Å². The Morgan fingerprint density at radius 1 is 1.00 bits per heavy atom. The third-order valence-electron chi connectivity index (χ3n) is 5.59. The Hall–Kier alpha value is -2.35. The molecule has 3 rings (SSSR count). The van der Waals surface area contributed by atoms with Gasteiger partial charge in [0.05, 0.1) is 4.47 Å². The van der Waals surface area contributed by atoms with Gasteiger partial charge in [-0.05, 0) is 63.8 Å². The Morgan fingerprint density at radius 2 is 1.75 bits per heavy atom. The van der Waals surface area contributed by atoms with Gasteiger partial charge in [-0.15, -0.1) is 0 Å². The van der Waals surface area contributed by atoms with E-state index in [0.717, 1.165) is 28.4 Å². The van der Waals surface area contributed by atoms with Crippen LogP contribution in [-0.2, 0) is 22.6 Å². The van der Waals surface area contributed by atoms with Crippen molar-refractivity contribution in [3.8, 4) is 5.75 Å². The molecule has 0 saturated carbocycles. The summed E-state index contributed by atoms with van der Waals surface area (Å²) in [4.78, 5) is 28.6. The number of carbonyl (C=O) groups is 2. The second-order valence-corrected chi connectivity index (χ2v) is 10.6. The summed E-state index contributed by atoms with van der Waals surface area (Å²) in [5.74, 6) is 0.0360. The molecule has 3 aromatic carbocycles. The largest absolute Gasteiger partial charge is 0.483 e. The zero-order valence-corrected chi connectivity index (χ0v) is 24.0. The molecule has 1 N–H and O–H groups in total. The van der Waals surface area contributed by atoms with Gasteiger partial charge in [-0.3, -0.25) is 9.59 Å². The molecule has 3 aromatic rings. The van der Waals surface area contributed by atoms with Gasteiger partial charge in [0.25, 0.3) is 5.91 Å². The second kappa shape index (κ2) is 14.4. The van der Waals surface area contributed by atoms with Crippen LogP contribution in [0, 0.1) is 0 Å². The highest BCUT2D eigenvalue weighted by Crippen LogP contribution is 2.28. The lowest BCUT2D eigenvalue weighted by atomic mass is 10.0. The molecule has 0 bridgehead atoms. The van der Waals surface area contributed by atoms with E-state index in [1.165, 1.54) is 0 Å². The summed E-state index contributed by atoms with van der Waals surface area (Å²) in [6.07, 6.45) is 2.23. The number of nitrogens with one attached hydrogen (secondary N) is 1. The molecule has 0 saturated heterocycles. The summed E-state index contributed by atoms with van der Waals surface area (Å²) in [7, 11) is 0. The molecule has 0 heterocycles. The molecule has 0 unspecified atom stereocenters. The van der Waals surface area contributed by atoms with Crippen LogP contribution in [0.3, 0.4) is 0 Å². The number of carbonyl (C=O) groups excluding carboxylic acids is 2. The topological polar surface area (TPSA) is 58.6 Å². The van der Waals surface area contributed by atoms with Crippen LogP contribution in [0.25, 0.3) is 0 Å². The zero-order valence-electron chi connectivity index (χ0n) is 20.1. The van der Waals surface area contributed by atoms with Crippen molar-refractivity contribution in [1.82, 2.24) is 10.2 Å². The summed E-state index contributed by atoms with van der Waals surface area (Å²) in [5, 5.41) is 3.58. The summed E-state index contributed by atoms with van der Waals surface area (Å²) in [5.41, 5.74) is 1.88. The molecule has 8 heteroatoms. The van der Waals surface area contributed by atoms with Gasteiger partial charge < -0.3 is 15.0 Å². The molecule has 5 nitrogen and oxygen atoms in total. The molecule has 2 amide bonds. The lowest BCUT2D eigenvalue weighted by molar-refractivity contribution is -0.142. The van der Waals surface area contributed by atoms with Crippen LogP contribution in [0.1, 0.15) is 30.9 Å². The van der Waals surface area contributed by atoms with Gasteiger partial charge in [-0.25, -0.2) is 0 Å². The first-order chi connectivity index (χ1) is 17.4. The van der Waals surface area contributed by atoms with Crippen molar-refractivity contribution in [1.29, 1.82) is 0 Å². The van der Waals surface area contributed by atoms with E-state index in [0.29, 0.717) is 28.2 Å². The Kier molecular flexibility index (Phi) is 11.3. The molecule has 0 spiro atoms. The maximum absolute atomic E-state index is 13.6. The van der Waals surface area contributed by atoms with E-state index in [1.54, 1.807) is 23.1 Å². The Labute approximate surface area is 234 Å². The smallest absolute Gasteiger partial charge is 0.261 e. The Bertz CT molecular complexity index is 1160. The fraction of sp³-hybridized carbons (Fsp3) is 0.286. The first-order valence-corrected chi connectivity index (χ1v) is 13.8. The number of halogens is 3. The number of hydrogen-bond acceptors (Lipinski definition) is 3. The Balaban J connectivity index is 1.89. The van der Waals surface area contributed by atoms with Crippen LogP contribution in [0.4, 0.5) is 0 Å². The average molecular weight is 637 g/mol. The normalized spacial score (nSPS) is 11.6. The van der Waals surface area contributed by atoms with E-state index in [1.807, 2.05) is 54.6 Å². The van der Waals surface area contributed by atoms with Crippen LogP contribution < -0.4 is 10.1 Å². The van der Waals surface area contributed by atoms with Gasteiger partial charge in [-0.1, -0.05) is 83.3 Å². The molecule has 0 aliphatic rings. The van der Waals surface area contributed by atoms with Crippen molar-refractivity contribution in [2.24, 2.45) is 0 Å². The van der Waals surface area contributed by atoms with Crippen LogP contribution in [0.5, 0.6) is 5.75 Å². The molecule has 0 aromatic heterocycles. The molecule has 190 valence electrons. The quantitative estimate of drug-likeness (QED) is 0.223. The van der Waals surface area contributed by atoms with E-state index in [2.05, 4.69) is 44.1 Å². The maximum atomic E-state index is 13.6. The lowest BCUT2D eigenvalue weighted by Gasteiger charge is -2.31. The molecule has 0 fully saturated rings. The molecular weight excluding hydrogens is 608 g/mol. The van der Waals surface area contributed by atoms with E-state index in [-0.39, 0.29) is 25.0 Å². The summed E-state index contributed by atoms with van der Waals surface area (Å²) in [6.45, 7) is 2.68. The van der Waals surface area contributed by atoms with Gasteiger partial charge in [0, 0.05) is 29.0 Å². The van der Waals surface area contributed by atoms with Crippen LogP contribution in [0.2, 0.25) is 5.02 Å². The third kappa shape index (κ3) is 8.64. The standard InChI is InChI=1S/C28H29Br2ClN2O3/c1-2-3-14-32-28(35)25(16-20-8-5-4-6-9-20)33(18-21-10-7-11-22(29)15-21)27(34)19-36-26-13-12-23(31)17-24(26)30/h4-13,15,17,25H,2-3,14,16,18-19H2,1H3,(H,32,35)/t25-/m1/s1. The minimum absolute atomic E-state index is 0.177. The van der Waals surface area contributed by atoms with Crippen molar-refractivity contribution in [2.75, 3.05) is 13.2 Å².